The molecule has 11 nitrogen and oxygen atoms in total. The number of hydrogen-bond acceptors (Lipinski definition) is 8. The van der Waals surface area contributed by atoms with Crippen LogP contribution in [0.2, 0.25) is 0 Å². The maximum atomic E-state index is 13.0. The van der Waals surface area contributed by atoms with Crippen LogP contribution in [0, 0.1) is 0 Å². The second kappa shape index (κ2) is 11.7. The summed E-state index contributed by atoms with van der Waals surface area (Å²) in [6, 6.07) is 6.37. The highest BCUT2D eigenvalue weighted by molar-refractivity contribution is 5.77. The molecule has 1 aromatic carbocycles. The van der Waals surface area contributed by atoms with E-state index in [1.54, 1.807) is 36.3 Å². The number of aliphatic hydroxyl groups is 1. The van der Waals surface area contributed by atoms with Gasteiger partial charge in [0.25, 0.3) is 6.47 Å². The van der Waals surface area contributed by atoms with Gasteiger partial charge in [0.1, 0.15) is 12.6 Å². The summed E-state index contributed by atoms with van der Waals surface area (Å²) >= 11 is 0. The number of hydrogen-bond donors (Lipinski definition) is 2. The number of carbonyl (C=O) groups excluding carboxylic acids is 1. The molecular formula is C20H25N3O8. The molecule has 0 bridgehead atoms. The van der Waals surface area contributed by atoms with Gasteiger partial charge < -0.3 is 29.3 Å². The summed E-state index contributed by atoms with van der Waals surface area (Å²) in [7, 11) is 3.07. The van der Waals surface area contributed by atoms with E-state index in [2.05, 4.69) is 4.98 Å². The van der Waals surface area contributed by atoms with Crippen molar-refractivity contribution in [3.63, 3.8) is 0 Å². The van der Waals surface area contributed by atoms with Gasteiger partial charge in [-0.25, -0.2) is 9.78 Å². The Morgan fingerprint density at radius 2 is 2.03 bits per heavy atom. The average Bonchev–Trinajstić information content (AvgIpc) is 2.80. The molecule has 168 valence electrons. The second-order valence-electron chi connectivity index (χ2n) is 6.37. The van der Waals surface area contributed by atoms with Crippen LogP contribution in [0.5, 0.6) is 11.5 Å². The number of aliphatic hydroxyl groups excluding tert-OH is 1. The summed E-state index contributed by atoms with van der Waals surface area (Å²) in [5.74, 6) is 0.804. The Hall–Kier alpha value is -3.44. The van der Waals surface area contributed by atoms with Crippen LogP contribution in [0.3, 0.4) is 0 Å². The third kappa shape index (κ3) is 5.80. The summed E-state index contributed by atoms with van der Waals surface area (Å²) in [6.07, 6.45) is 2.30. The topological polar surface area (TPSA) is 140 Å². The lowest BCUT2D eigenvalue weighted by Crippen LogP contribution is -2.50. The zero-order valence-corrected chi connectivity index (χ0v) is 17.2. The summed E-state index contributed by atoms with van der Waals surface area (Å²) < 4.78 is 17.6. The molecule has 2 aromatic rings. The Balaban J connectivity index is 0.00000107. The lowest BCUT2D eigenvalue weighted by Gasteiger charge is -2.41. The highest BCUT2D eigenvalue weighted by atomic mass is 16.5. The maximum Gasteiger partial charge on any atom is 0.347 e. The molecule has 0 unspecified atom stereocenters. The first-order valence-electron chi connectivity index (χ1n) is 9.33. The number of aromatic nitrogens is 2. The average molecular weight is 435 g/mol. The van der Waals surface area contributed by atoms with Gasteiger partial charge in [-0.2, -0.15) is 0 Å². The van der Waals surface area contributed by atoms with E-state index in [9.17, 15) is 14.7 Å². The number of methoxy groups -OCH3 is 2. The molecule has 1 saturated heterocycles. The van der Waals surface area contributed by atoms with Gasteiger partial charge in [-0.15, -0.1) is 0 Å². The number of morpholine rings is 1. The first-order chi connectivity index (χ1) is 15.0. The van der Waals surface area contributed by atoms with E-state index in [0.29, 0.717) is 24.7 Å². The Morgan fingerprint density at radius 3 is 2.65 bits per heavy atom. The fraction of sp³-hybridized carbons (Fsp3) is 0.400. The highest BCUT2D eigenvalue weighted by Gasteiger charge is 2.36. The Bertz CT molecular complexity index is 933. The largest absolute Gasteiger partial charge is 0.493 e. The van der Waals surface area contributed by atoms with Crippen LogP contribution in [0.1, 0.15) is 11.6 Å². The molecule has 31 heavy (non-hydrogen) atoms. The molecule has 2 heterocycles. The van der Waals surface area contributed by atoms with E-state index in [0.717, 1.165) is 5.56 Å². The van der Waals surface area contributed by atoms with Crippen molar-refractivity contribution in [2.45, 2.75) is 18.7 Å². The van der Waals surface area contributed by atoms with Gasteiger partial charge in [-0.1, -0.05) is 6.07 Å². The maximum absolute atomic E-state index is 13.0. The third-order valence-electron chi connectivity index (χ3n) is 4.69. The first-order valence-corrected chi connectivity index (χ1v) is 9.33. The lowest BCUT2D eigenvalue weighted by molar-refractivity contribution is -0.150. The molecule has 1 aliphatic heterocycles. The number of carboxylic acid groups (broad SMARTS) is 1. The molecule has 1 aliphatic rings. The molecular weight excluding hydrogens is 410 g/mol. The zero-order valence-electron chi connectivity index (χ0n) is 17.2. The van der Waals surface area contributed by atoms with Gasteiger partial charge in [0, 0.05) is 18.9 Å². The minimum atomic E-state index is -0.596. The molecule has 0 saturated carbocycles. The first kappa shape index (κ1) is 23.8. The van der Waals surface area contributed by atoms with Crippen molar-refractivity contribution in [1.82, 2.24) is 14.5 Å². The molecule has 0 aliphatic carbocycles. The Morgan fingerprint density at radius 1 is 1.32 bits per heavy atom. The SMILES string of the molecule is COc1ccc([C@H]2[C@H](CO)OCCN2C(=O)Cn2cccnc2=O)cc1OC.O=CO. The van der Waals surface area contributed by atoms with Gasteiger partial charge in [0.15, 0.2) is 11.5 Å². The van der Waals surface area contributed by atoms with Crippen LogP contribution >= 0.6 is 0 Å². The number of ether oxygens (including phenoxy) is 3. The van der Waals surface area contributed by atoms with Crippen LogP contribution in [-0.2, 0) is 20.9 Å². The standard InChI is InChI=1S/C19H23N3O6.CH2O2/c1-26-14-5-4-13(10-15(14)27-2)18-16(12-23)28-9-8-22(18)17(24)11-21-7-3-6-20-19(21)25;2-1-3/h3-7,10,16,18,23H,8-9,11-12H2,1-2H3;1H,(H,2,3)/t16-,18-;/m0./s1. The normalized spacial score (nSPS) is 17.8. The van der Waals surface area contributed by atoms with Crippen LogP contribution in [-0.4, -0.2) is 77.1 Å². The van der Waals surface area contributed by atoms with E-state index in [1.165, 1.54) is 24.1 Å². The van der Waals surface area contributed by atoms with E-state index in [4.69, 9.17) is 24.1 Å². The number of amides is 1. The number of benzene rings is 1. The molecule has 2 N–H and O–H groups in total. The van der Waals surface area contributed by atoms with Gasteiger partial charge in [0.05, 0.1) is 33.5 Å². The van der Waals surface area contributed by atoms with E-state index in [-0.39, 0.29) is 25.5 Å². The predicted molar refractivity (Wildman–Crippen MR) is 108 cm³/mol. The minimum absolute atomic E-state index is 0.144. The quantitative estimate of drug-likeness (QED) is 0.596. The van der Waals surface area contributed by atoms with Crippen molar-refractivity contribution in [1.29, 1.82) is 0 Å². The molecule has 11 heteroatoms. The van der Waals surface area contributed by atoms with E-state index >= 15 is 0 Å². The summed E-state index contributed by atoms with van der Waals surface area (Å²) in [4.78, 5) is 38.5. The molecule has 1 amide bonds. The van der Waals surface area contributed by atoms with Crippen LogP contribution in [0.25, 0.3) is 0 Å². The fourth-order valence-electron chi connectivity index (χ4n) is 3.34. The van der Waals surface area contributed by atoms with Gasteiger partial charge in [-0.3, -0.25) is 14.2 Å². The summed E-state index contributed by atoms with van der Waals surface area (Å²) in [5.41, 5.74) is 0.244. The predicted octanol–water partition coefficient (Wildman–Crippen LogP) is -0.0777. The van der Waals surface area contributed by atoms with Crippen LogP contribution in [0.15, 0.2) is 41.5 Å². The zero-order chi connectivity index (χ0) is 22.8. The number of nitrogens with zero attached hydrogens (tertiary/aromatic N) is 3. The van der Waals surface area contributed by atoms with Crippen molar-refractivity contribution in [2.75, 3.05) is 34.0 Å². The number of carbonyl (C=O) groups is 2. The monoisotopic (exact) mass is 435 g/mol. The number of rotatable bonds is 6. The third-order valence-corrected chi connectivity index (χ3v) is 4.69. The van der Waals surface area contributed by atoms with Gasteiger partial charge in [-0.05, 0) is 23.8 Å². The molecule has 1 aromatic heterocycles. The molecule has 2 atom stereocenters. The fourth-order valence-corrected chi connectivity index (χ4v) is 3.34. The molecule has 3 rings (SSSR count). The van der Waals surface area contributed by atoms with Crippen LogP contribution < -0.4 is 15.2 Å². The van der Waals surface area contributed by atoms with E-state index in [1.807, 2.05) is 0 Å². The van der Waals surface area contributed by atoms with Crippen molar-refractivity contribution < 1.29 is 34.0 Å². The molecule has 0 spiro atoms. The van der Waals surface area contributed by atoms with Crippen molar-refractivity contribution >= 4 is 12.4 Å². The minimum Gasteiger partial charge on any atom is -0.493 e. The van der Waals surface area contributed by atoms with Crippen molar-refractivity contribution in [3.05, 3.63) is 52.7 Å². The van der Waals surface area contributed by atoms with Crippen molar-refractivity contribution in [2.24, 2.45) is 0 Å². The van der Waals surface area contributed by atoms with Gasteiger partial charge in [0.2, 0.25) is 5.91 Å². The van der Waals surface area contributed by atoms with Crippen molar-refractivity contribution in [3.8, 4) is 11.5 Å². The second-order valence-corrected chi connectivity index (χ2v) is 6.37. The Kier molecular flexibility index (Phi) is 8.97. The highest BCUT2D eigenvalue weighted by Crippen LogP contribution is 2.35. The molecule has 0 radical (unpaired) electrons. The van der Waals surface area contributed by atoms with Gasteiger partial charge >= 0.3 is 5.69 Å². The van der Waals surface area contributed by atoms with E-state index < -0.39 is 17.8 Å². The Labute approximate surface area is 178 Å². The smallest absolute Gasteiger partial charge is 0.347 e. The summed E-state index contributed by atoms with van der Waals surface area (Å²) in [5, 5.41) is 16.7. The summed E-state index contributed by atoms with van der Waals surface area (Å²) in [6.45, 7) is -0.0176. The molecule has 1 fully saturated rings. The lowest BCUT2D eigenvalue weighted by atomic mass is 9.97. The van der Waals surface area contributed by atoms with Crippen LogP contribution in [0.4, 0.5) is 0 Å².